The molecule has 6 nitrogen and oxygen atoms in total. The summed E-state index contributed by atoms with van der Waals surface area (Å²) in [6, 6.07) is 6.89. The van der Waals surface area contributed by atoms with Crippen LogP contribution in [-0.4, -0.2) is 35.0 Å². The third kappa shape index (κ3) is 4.36. The summed E-state index contributed by atoms with van der Waals surface area (Å²) in [5.41, 5.74) is 2.83. The van der Waals surface area contributed by atoms with Gasteiger partial charge in [-0.2, -0.15) is 0 Å². The topological polar surface area (TPSA) is 70.7 Å². The van der Waals surface area contributed by atoms with E-state index in [0.717, 1.165) is 11.3 Å². The highest BCUT2D eigenvalue weighted by Crippen LogP contribution is 2.31. The molecule has 0 bridgehead atoms. The van der Waals surface area contributed by atoms with Crippen LogP contribution in [0.3, 0.4) is 0 Å². The first kappa shape index (κ1) is 18.9. The number of hydrogen-bond acceptors (Lipinski definition) is 4. The van der Waals surface area contributed by atoms with Gasteiger partial charge in [-0.05, 0) is 50.7 Å². The van der Waals surface area contributed by atoms with Gasteiger partial charge in [0.05, 0.1) is 17.7 Å². The van der Waals surface area contributed by atoms with E-state index < -0.39 is 6.04 Å². The van der Waals surface area contributed by atoms with Gasteiger partial charge in [-0.3, -0.25) is 4.79 Å². The van der Waals surface area contributed by atoms with Crippen LogP contribution in [0.1, 0.15) is 39.3 Å². The molecule has 7 heteroatoms. The molecule has 0 aliphatic carbocycles. The smallest absolute Gasteiger partial charge is 0.338 e. The molecule has 1 aromatic carbocycles. The normalized spacial score (nSPS) is 17.4. The molecule has 0 saturated carbocycles. The van der Waals surface area contributed by atoms with Gasteiger partial charge in [0.25, 0.3) is 0 Å². The minimum absolute atomic E-state index is 0.136. The first-order valence-electron chi connectivity index (χ1n) is 8.04. The molecule has 2 rings (SSSR count). The Morgan fingerprint density at radius 3 is 2.40 bits per heavy atom. The average Bonchev–Trinajstić information content (AvgIpc) is 2.51. The predicted octanol–water partition coefficient (Wildman–Crippen LogP) is 2.73. The standard InChI is InChI=1S/C18H23N3O3S/c1-10(2)24-17(23)15-11(3)21(5)18(25)20-16(15)13-6-8-14(9-7-13)19-12(4)22/h6-10,16H,1-5H3,(H,19,22)(H,20,25). The lowest BCUT2D eigenvalue weighted by molar-refractivity contribution is -0.143. The summed E-state index contributed by atoms with van der Waals surface area (Å²) in [5.74, 6) is -0.506. The number of rotatable bonds is 4. The number of thiocarbonyl (C=S) groups is 1. The van der Waals surface area contributed by atoms with Crippen LogP contribution in [0.5, 0.6) is 0 Å². The highest BCUT2D eigenvalue weighted by molar-refractivity contribution is 7.80. The molecule has 1 unspecified atom stereocenters. The summed E-state index contributed by atoms with van der Waals surface area (Å²) in [6.07, 6.45) is -0.213. The molecule has 1 aliphatic rings. The summed E-state index contributed by atoms with van der Waals surface area (Å²) in [4.78, 5) is 25.5. The Morgan fingerprint density at radius 1 is 1.28 bits per heavy atom. The largest absolute Gasteiger partial charge is 0.459 e. The summed E-state index contributed by atoms with van der Waals surface area (Å²) in [6.45, 7) is 6.94. The number of amides is 1. The van der Waals surface area contributed by atoms with Crippen molar-refractivity contribution in [3.05, 3.63) is 41.1 Å². The minimum Gasteiger partial charge on any atom is -0.459 e. The van der Waals surface area contributed by atoms with Crippen LogP contribution < -0.4 is 10.6 Å². The zero-order chi connectivity index (χ0) is 18.7. The molecule has 1 aliphatic heterocycles. The van der Waals surface area contributed by atoms with Crippen LogP contribution in [0.4, 0.5) is 5.69 Å². The fraction of sp³-hybridized carbons (Fsp3) is 0.389. The van der Waals surface area contributed by atoms with Crippen molar-refractivity contribution in [3.8, 4) is 0 Å². The van der Waals surface area contributed by atoms with Crippen molar-refractivity contribution in [2.75, 3.05) is 12.4 Å². The lowest BCUT2D eigenvalue weighted by atomic mass is 9.95. The Kier molecular flexibility index (Phi) is 5.79. The lowest BCUT2D eigenvalue weighted by Crippen LogP contribution is -2.46. The summed E-state index contributed by atoms with van der Waals surface area (Å²) in [7, 11) is 1.81. The van der Waals surface area contributed by atoms with E-state index in [1.54, 1.807) is 17.0 Å². The maximum atomic E-state index is 12.6. The molecule has 0 spiro atoms. The van der Waals surface area contributed by atoms with Crippen LogP contribution in [0.25, 0.3) is 0 Å². The molecule has 1 aromatic rings. The maximum absolute atomic E-state index is 12.6. The second kappa shape index (κ2) is 7.65. The summed E-state index contributed by atoms with van der Waals surface area (Å²) < 4.78 is 5.41. The molecule has 1 atom stereocenters. The number of ether oxygens (including phenoxy) is 1. The molecular weight excluding hydrogens is 338 g/mol. The number of hydrogen-bond donors (Lipinski definition) is 2. The van der Waals surface area contributed by atoms with Crippen molar-refractivity contribution in [2.45, 2.75) is 39.8 Å². The second-order valence-electron chi connectivity index (χ2n) is 6.20. The molecule has 0 fully saturated rings. The third-order valence-corrected chi connectivity index (χ3v) is 4.27. The molecule has 0 radical (unpaired) electrons. The van der Waals surface area contributed by atoms with Gasteiger partial charge in [-0.15, -0.1) is 0 Å². The van der Waals surface area contributed by atoms with E-state index in [4.69, 9.17) is 17.0 Å². The van der Waals surface area contributed by atoms with Crippen LogP contribution in [0.15, 0.2) is 35.5 Å². The second-order valence-corrected chi connectivity index (χ2v) is 6.58. The molecule has 0 aromatic heterocycles. The summed E-state index contributed by atoms with van der Waals surface area (Å²) in [5, 5.41) is 6.45. The van der Waals surface area contributed by atoms with Crippen molar-refractivity contribution >= 4 is 34.9 Å². The van der Waals surface area contributed by atoms with Gasteiger partial charge < -0.3 is 20.3 Å². The molecule has 1 amide bonds. The lowest BCUT2D eigenvalue weighted by Gasteiger charge is -2.35. The van der Waals surface area contributed by atoms with Gasteiger partial charge in [-0.1, -0.05) is 12.1 Å². The Morgan fingerprint density at radius 2 is 1.88 bits per heavy atom. The monoisotopic (exact) mass is 361 g/mol. The molecule has 25 heavy (non-hydrogen) atoms. The van der Waals surface area contributed by atoms with Crippen molar-refractivity contribution in [2.24, 2.45) is 0 Å². The number of allylic oxidation sites excluding steroid dienone is 1. The number of nitrogens with one attached hydrogen (secondary N) is 2. The quantitative estimate of drug-likeness (QED) is 0.635. The number of carbonyl (C=O) groups excluding carboxylic acids is 2. The fourth-order valence-electron chi connectivity index (χ4n) is 2.59. The van der Waals surface area contributed by atoms with Crippen LogP contribution in [-0.2, 0) is 14.3 Å². The Bertz CT molecular complexity index is 726. The SMILES string of the molecule is CC(=O)Nc1ccc(C2NC(=S)N(C)C(C)=C2C(=O)OC(C)C)cc1. The van der Waals surface area contributed by atoms with Crippen molar-refractivity contribution in [1.82, 2.24) is 10.2 Å². The van der Waals surface area contributed by atoms with Gasteiger partial charge in [0.15, 0.2) is 5.11 Å². The van der Waals surface area contributed by atoms with E-state index in [1.807, 2.05) is 40.0 Å². The van der Waals surface area contributed by atoms with E-state index in [1.165, 1.54) is 6.92 Å². The van der Waals surface area contributed by atoms with E-state index in [-0.39, 0.29) is 18.0 Å². The van der Waals surface area contributed by atoms with E-state index in [9.17, 15) is 9.59 Å². The van der Waals surface area contributed by atoms with E-state index in [0.29, 0.717) is 16.4 Å². The minimum atomic E-state index is -0.402. The molecule has 1 heterocycles. The number of carbonyl (C=O) groups is 2. The molecule has 0 saturated heterocycles. The van der Waals surface area contributed by atoms with Gasteiger partial charge in [0.2, 0.25) is 5.91 Å². The average molecular weight is 361 g/mol. The molecule has 2 N–H and O–H groups in total. The van der Waals surface area contributed by atoms with Gasteiger partial charge in [0.1, 0.15) is 0 Å². The van der Waals surface area contributed by atoms with Crippen LogP contribution in [0, 0.1) is 0 Å². The zero-order valence-electron chi connectivity index (χ0n) is 15.0. The molecule has 134 valence electrons. The Hall–Kier alpha value is -2.41. The number of anilines is 1. The molecular formula is C18H23N3O3S. The van der Waals surface area contributed by atoms with Crippen molar-refractivity contribution in [3.63, 3.8) is 0 Å². The Balaban J connectivity index is 2.40. The zero-order valence-corrected chi connectivity index (χ0v) is 15.9. The van der Waals surface area contributed by atoms with E-state index >= 15 is 0 Å². The van der Waals surface area contributed by atoms with E-state index in [2.05, 4.69) is 10.6 Å². The first-order valence-corrected chi connectivity index (χ1v) is 8.45. The highest BCUT2D eigenvalue weighted by Gasteiger charge is 2.33. The number of nitrogens with zero attached hydrogens (tertiary/aromatic N) is 1. The Labute approximate surface area is 153 Å². The van der Waals surface area contributed by atoms with Crippen molar-refractivity contribution < 1.29 is 14.3 Å². The van der Waals surface area contributed by atoms with Crippen LogP contribution >= 0.6 is 12.2 Å². The highest BCUT2D eigenvalue weighted by atomic mass is 32.1. The third-order valence-electron chi connectivity index (χ3n) is 3.88. The first-order chi connectivity index (χ1) is 11.7. The van der Waals surface area contributed by atoms with Gasteiger partial charge in [-0.25, -0.2) is 4.79 Å². The van der Waals surface area contributed by atoms with Gasteiger partial charge >= 0.3 is 5.97 Å². The van der Waals surface area contributed by atoms with Gasteiger partial charge in [0, 0.05) is 25.4 Å². The fourth-order valence-corrected chi connectivity index (χ4v) is 2.84. The number of esters is 1. The van der Waals surface area contributed by atoms with Crippen LogP contribution in [0.2, 0.25) is 0 Å². The van der Waals surface area contributed by atoms with Crippen molar-refractivity contribution in [1.29, 1.82) is 0 Å². The summed E-state index contributed by atoms with van der Waals surface area (Å²) >= 11 is 5.36. The number of benzene rings is 1. The maximum Gasteiger partial charge on any atom is 0.338 e. The predicted molar refractivity (Wildman–Crippen MR) is 101 cm³/mol.